The van der Waals surface area contributed by atoms with Crippen LogP contribution in [0.5, 0.6) is 0 Å². The van der Waals surface area contributed by atoms with Crippen molar-refractivity contribution in [3.05, 3.63) is 216 Å². The standard InChI is InChI=1S/C57H42N4/c1-35-58-51-30-28-37(32-53(51)60(35)3)41-21-13-23-44-48(41)34-49-42(38-29-31-52-54(33-38)61(4)36(2)59-52)22-14-24-45(49)55(44)47-26-15-25-46-43-20-11-12-27-50(43)57(56(46)47,39-16-7-5-8-17-39)40-18-9-6-10-19-40/h5-34H,1-4H3. The number of hydrogen-bond donors (Lipinski definition) is 0. The molecule has 1 aliphatic rings. The van der Waals surface area contributed by atoms with Crippen LogP contribution in [0, 0.1) is 13.8 Å². The first-order valence-electron chi connectivity index (χ1n) is 21.1. The molecule has 11 aromatic rings. The van der Waals surface area contributed by atoms with E-state index in [1.807, 2.05) is 0 Å². The van der Waals surface area contributed by atoms with Gasteiger partial charge < -0.3 is 9.13 Å². The maximum atomic E-state index is 4.85. The molecule has 61 heavy (non-hydrogen) atoms. The van der Waals surface area contributed by atoms with Gasteiger partial charge in [-0.05, 0) is 132 Å². The molecule has 0 bridgehead atoms. The third-order valence-electron chi connectivity index (χ3n) is 13.6. The number of hydrogen-bond acceptors (Lipinski definition) is 2. The molecular weight excluding hydrogens is 741 g/mol. The van der Waals surface area contributed by atoms with E-state index in [-0.39, 0.29) is 0 Å². The molecule has 4 heteroatoms. The van der Waals surface area contributed by atoms with Crippen molar-refractivity contribution in [2.24, 2.45) is 14.1 Å². The molecule has 0 N–H and O–H groups in total. The molecule has 0 atom stereocenters. The Morgan fingerprint density at radius 2 is 0.852 bits per heavy atom. The monoisotopic (exact) mass is 782 g/mol. The minimum absolute atomic E-state index is 0.570. The van der Waals surface area contributed by atoms with Gasteiger partial charge in [-0.2, -0.15) is 0 Å². The van der Waals surface area contributed by atoms with Crippen LogP contribution in [-0.4, -0.2) is 19.1 Å². The molecule has 0 unspecified atom stereocenters. The largest absolute Gasteiger partial charge is 0.331 e. The summed E-state index contributed by atoms with van der Waals surface area (Å²) < 4.78 is 4.38. The highest BCUT2D eigenvalue weighted by molar-refractivity contribution is 6.20. The van der Waals surface area contributed by atoms with E-state index in [1.165, 1.54) is 88.3 Å². The predicted octanol–water partition coefficient (Wildman–Crippen LogP) is 13.7. The van der Waals surface area contributed by atoms with Gasteiger partial charge in [0, 0.05) is 14.1 Å². The summed E-state index contributed by atoms with van der Waals surface area (Å²) in [4.78, 5) is 9.70. The second-order valence-electron chi connectivity index (χ2n) is 16.7. The predicted molar refractivity (Wildman–Crippen MR) is 253 cm³/mol. The smallest absolute Gasteiger partial charge is 0.106 e. The molecule has 0 saturated carbocycles. The van der Waals surface area contributed by atoms with Crippen LogP contribution >= 0.6 is 0 Å². The fourth-order valence-electron chi connectivity index (χ4n) is 10.6. The summed E-state index contributed by atoms with van der Waals surface area (Å²) in [5.74, 6) is 2.01. The number of imidazole rings is 2. The van der Waals surface area contributed by atoms with Crippen molar-refractivity contribution in [3.63, 3.8) is 0 Å². The summed E-state index contributed by atoms with van der Waals surface area (Å²) in [6.07, 6.45) is 0. The number of nitrogens with zero attached hydrogens (tertiary/aromatic N) is 4. The Kier molecular flexibility index (Phi) is 7.67. The van der Waals surface area contributed by atoms with Gasteiger partial charge in [0.25, 0.3) is 0 Å². The number of aryl methyl sites for hydroxylation is 4. The van der Waals surface area contributed by atoms with Gasteiger partial charge >= 0.3 is 0 Å². The van der Waals surface area contributed by atoms with Gasteiger partial charge in [-0.25, -0.2) is 9.97 Å². The Morgan fingerprint density at radius 1 is 0.393 bits per heavy atom. The van der Waals surface area contributed by atoms with Crippen LogP contribution in [0.1, 0.15) is 33.9 Å². The average Bonchev–Trinajstić information content (AvgIpc) is 3.89. The molecule has 0 fully saturated rings. The molecule has 2 heterocycles. The molecule has 1 aliphatic carbocycles. The van der Waals surface area contributed by atoms with Crippen LogP contribution in [0.2, 0.25) is 0 Å². The van der Waals surface area contributed by atoms with E-state index < -0.39 is 5.41 Å². The number of rotatable bonds is 5. The van der Waals surface area contributed by atoms with Gasteiger partial charge in [0.1, 0.15) is 11.6 Å². The first kappa shape index (κ1) is 35.4. The third kappa shape index (κ3) is 4.99. The number of benzene rings is 9. The van der Waals surface area contributed by atoms with E-state index in [0.29, 0.717) is 0 Å². The molecule has 0 aliphatic heterocycles. The van der Waals surface area contributed by atoms with Gasteiger partial charge in [-0.1, -0.05) is 152 Å². The lowest BCUT2D eigenvalue weighted by Crippen LogP contribution is -2.29. The van der Waals surface area contributed by atoms with Gasteiger partial charge in [0.15, 0.2) is 0 Å². The Hall–Kier alpha value is -7.56. The summed E-state index contributed by atoms with van der Waals surface area (Å²) in [6, 6.07) is 68.0. The summed E-state index contributed by atoms with van der Waals surface area (Å²) in [6.45, 7) is 4.15. The molecule has 0 saturated heterocycles. The van der Waals surface area contributed by atoms with E-state index in [9.17, 15) is 0 Å². The first-order valence-corrected chi connectivity index (χ1v) is 21.1. The Balaban J connectivity index is 1.24. The van der Waals surface area contributed by atoms with E-state index in [2.05, 4.69) is 219 Å². The van der Waals surface area contributed by atoms with Crippen LogP contribution in [-0.2, 0) is 19.5 Å². The van der Waals surface area contributed by atoms with Crippen molar-refractivity contribution < 1.29 is 0 Å². The summed E-state index contributed by atoms with van der Waals surface area (Å²) in [5, 5.41) is 4.87. The van der Waals surface area contributed by atoms with Gasteiger partial charge in [-0.3, -0.25) is 0 Å². The molecule has 2 aromatic heterocycles. The SMILES string of the molecule is Cc1nc2ccc(-c3cccc4c(-c5cccc6c5C(c5ccccc5)(c5ccccc5)c5ccccc5-6)c5cccc(-c6ccc7nc(C)n(C)c7c6)c5cc34)cc2n1C. The molecule has 290 valence electrons. The molecule has 12 rings (SSSR count). The van der Waals surface area contributed by atoms with Gasteiger partial charge in [0.05, 0.1) is 27.5 Å². The fraction of sp³-hybridized carbons (Fsp3) is 0.0877. The van der Waals surface area contributed by atoms with Crippen molar-refractivity contribution in [2.75, 3.05) is 0 Å². The van der Waals surface area contributed by atoms with Crippen LogP contribution in [0.25, 0.3) is 88.1 Å². The number of aromatic nitrogens is 4. The van der Waals surface area contributed by atoms with Crippen LogP contribution < -0.4 is 0 Å². The third-order valence-corrected chi connectivity index (χ3v) is 13.6. The zero-order chi connectivity index (χ0) is 41.0. The Bertz CT molecular complexity index is 3390. The van der Waals surface area contributed by atoms with E-state index in [1.54, 1.807) is 0 Å². The topological polar surface area (TPSA) is 35.6 Å². The quantitative estimate of drug-likeness (QED) is 0.163. The summed E-state index contributed by atoms with van der Waals surface area (Å²) in [7, 11) is 4.21. The van der Waals surface area contributed by atoms with E-state index >= 15 is 0 Å². The number of fused-ring (bicyclic) bond motifs is 7. The second-order valence-corrected chi connectivity index (χ2v) is 16.7. The van der Waals surface area contributed by atoms with Crippen molar-refractivity contribution in [2.45, 2.75) is 19.3 Å². The van der Waals surface area contributed by atoms with Gasteiger partial charge in [-0.15, -0.1) is 0 Å². The van der Waals surface area contributed by atoms with Gasteiger partial charge in [0.2, 0.25) is 0 Å². The maximum Gasteiger partial charge on any atom is 0.106 e. The lowest BCUT2D eigenvalue weighted by molar-refractivity contribution is 0.770. The summed E-state index contributed by atoms with van der Waals surface area (Å²) >= 11 is 0. The lowest BCUT2D eigenvalue weighted by atomic mass is 9.65. The van der Waals surface area contributed by atoms with Crippen molar-refractivity contribution in [3.8, 4) is 44.5 Å². The highest BCUT2D eigenvalue weighted by atomic mass is 15.1. The zero-order valence-corrected chi connectivity index (χ0v) is 34.6. The highest BCUT2D eigenvalue weighted by Crippen LogP contribution is 2.60. The van der Waals surface area contributed by atoms with Crippen LogP contribution in [0.3, 0.4) is 0 Å². The molecule has 4 nitrogen and oxygen atoms in total. The minimum atomic E-state index is -0.570. The second kappa shape index (κ2) is 13.2. The molecule has 9 aromatic carbocycles. The fourth-order valence-corrected chi connectivity index (χ4v) is 10.6. The first-order chi connectivity index (χ1) is 29.9. The lowest BCUT2D eigenvalue weighted by Gasteiger charge is -2.35. The maximum absolute atomic E-state index is 4.85. The molecular formula is C57H42N4. The normalized spacial score (nSPS) is 13.0. The zero-order valence-electron chi connectivity index (χ0n) is 34.6. The van der Waals surface area contributed by atoms with Crippen LogP contribution in [0.4, 0.5) is 0 Å². The summed E-state index contributed by atoms with van der Waals surface area (Å²) in [5.41, 5.74) is 18.6. The molecule has 0 radical (unpaired) electrons. The van der Waals surface area contributed by atoms with Crippen molar-refractivity contribution >= 4 is 43.6 Å². The van der Waals surface area contributed by atoms with Crippen molar-refractivity contribution in [1.29, 1.82) is 0 Å². The van der Waals surface area contributed by atoms with E-state index in [4.69, 9.17) is 9.97 Å². The van der Waals surface area contributed by atoms with Crippen molar-refractivity contribution in [1.82, 2.24) is 19.1 Å². The molecule has 0 amide bonds. The Morgan fingerprint density at radius 3 is 1.41 bits per heavy atom. The minimum Gasteiger partial charge on any atom is -0.331 e. The average molecular weight is 783 g/mol. The van der Waals surface area contributed by atoms with Crippen LogP contribution in [0.15, 0.2) is 182 Å². The Labute approximate surface area is 355 Å². The molecule has 0 spiro atoms. The van der Waals surface area contributed by atoms with E-state index in [0.717, 1.165) is 33.7 Å². The highest BCUT2D eigenvalue weighted by Gasteiger charge is 2.47.